The Kier molecular flexibility index (Phi) is 5.11. The molecule has 0 saturated carbocycles. The van der Waals surface area contributed by atoms with Crippen LogP contribution < -0.4 is 5.32 Å². The Morgan fingerprint density at radius 3 is 2.79 bits per heavy atom. The van der Waals surface area contributed by atoms with E-state index in [2.05, 4.69) is 16.0 Å². The third-order valence-corrected chi connectivity index (χ3v) is 5.69. The molecule has 0 spiro atoms. The minimum Gasteiger partial charge on any atom is -0.381 e. The Hall–Kier alpha value is -2.39. The van der Waals surface area contributed by atoms with E-state index in [1.165, 1.54) is 0 Å². The molecule has 1 aliphatic heterocycles. The Balaban J connectivity index is 1.53. The molecule has 0 aromatic carbocycles. The van der Waals surface area contributed by atoms with Gasteiger partial charge in [0.1, 0.15) is 12.2 Å². The van der Waals surface area contributed by atoms with E-state index in [1.807, 2.05) is 11.4 Å². The average Bonchev–Trinajstić information content (AvgIpc) is 3.33. The van der Waals surface area contributed by atoms with E-state index in [9.17, 15) is 18.0 Å². The molecule has 5 nitrogen and oxygen atoms in total. The Bertz CT molecular complexity index is 990. The number of hydrogen-bond acceptors (Lipinski definition) is 4. The van der Waals surface area contributed by atoms with Gasteiger partial charge in [0.15, 0.2) is 0 Å². The number of nitrogens with one attached hydrogen (secondary N) is 2. The molecule has 28 heavy (non-hydrogen) atoms. The minimum atomic E-state index is -4.43. The van der Waals surface area contributed by atoms with Crippen LogP contribution in [0.25, 0.3) is 22.2 Å². The van der Waals surface area contributed by atoms with E-state index in [1.54, 1.807) is 17.6 Å². The maximum Gasteiger partial charge on any atom is 0.405 e. The number of amides is 1. The van der Waals surface area contributed by atoms with Crippen LogP contribution in [0.5, 0.6) is 0 Å². The number of nitrogens with zero attached hydrogens (tertiary/aromatic N) is 1. The molecule has 0 atom stereocenters. The van der Waals surface area contributed by atoms with Crippen LogP contribution >= 0.6 is 11.3 Å². The number of fused-ring (bicyclic) bond motifs is 1. The minimum absolute atomic E-state index is 0.233. The van der Waals surface area contributed by atoms with Crippen molar-refractivity contribution in [3.8, 4) is 11.1 Å². The van der Waals surface area contributed by atoms with Gasteiger partial charge in [-0.25, -0.2) is 4.98 Å². The normalized spacial score (nSPS) is 15.8. The van der Waals surface area contributed by atoms with Gasteiger partial charge in [0.25, 0.3) is 5.91 Å². The standard InChI is InChI=1S/C19H18F3N3O2S/c20-19(21,22)10-24-18(26)16-7-14(9-28-16)13-5-12-6-15(25-17(12)23-8-13)11-1-3-27-4-2-11/h5-9,11H,1-4,10H2,(H,23,25)(H,24,26). The molecule has 2 N–H and O–H groups in total. The number of halogens is 3. The number of alkyl halides is 3. The largest absolute Gasteiger partial charge is 0.405 e. The molecule has 0 aliphatic carbocycles. The molecular weight excluding hydrogens is 391 g/mol. The summed E-state index contributed by atoms with van der Waals surface area (Å²) < 4.78 is 42.2. The van der Waals surface area contributed by atoms with E-state index < -0.39 is 18.6 Å². The summed E-state index contributed by atoms with van der Waals surface area (Å²) >= 11 is 1.11. The van der Waals surface area contributed by atoms with Gasteiger partial charge in [0, 0.05) is 42.0 Å². The highest BCUT2D eigenvalue weighted by Gasteiger charge is 2.28. The van der Waals surface area contributed by atoms with Crippen molar-refractivity contribution >= 4 is 28.3 Å². The lowest BCUT2D eigenvalue weighted by Gasteiger charge is -2.20. The number of carbonyl (C=O) groups is 1. The van der Waals surface area contributed by atoms with Crippen LogP contribution in [0.3, 0.4) is 0 Å². The van der Waals surface area contributed by atoms with Crippen molar-refractivity contribution in [2.24, 2.45) is 0 Å². The molecule has 9 heteroatoms. The third kappa shape index (κ3) is 4.20. The maximum atomic E-state index is 12.3. The SMILES string of the molecule is O=C(NCC(F)(F)F)c1cc(-c2cnc3[nH]c(C4CCOCC4)cc3c2)cs1. The predicted octanol–water partition coefficient (Wildman–Crippen LogP) is 4.48. The van der Waals surface area contributed by atoms with Gasteiger partial charge < -0.3 is 15.0 Å². The summed E-state index contributed by atoms with van der Waals surface area (Å²) in [6.45, 7) is 0.171. The van der Waals surface area contributed by atoms with Gasteiger partial charge in [-0.15, -0.1) is 11.3 Å². The summed E-state index contributed by atoms with van der Waals surface area (Å²) in [6.07, 6.45) is -0.783. The molecule has 1 aliphatic rings. The van der Waals surface area contributed by atoms with Crippen LogP contribution in [-0.4, -0.2) is 41.8 Å². The number of aromatic amines is 1. The molecule has 3 aromatic rings. The van der Waals surface area contributed by atoms with Gasteiger partial charge >= 0.3 is 6.18 Å². The molecular formula is C19H18F3N3O2S. The van der Waals surface area contributed by atoms with Crippen molar-refractivity contribution in [3.63, 3.8) is 0 Å². The van der Waals surface area contributed by atoms with Crippen LogP contribution in [-0.2, 0) is 4.74 Å². The summed E-state index contributed by atoms with van der Waals surface area (Å²) in [5.41, 5.74) is 3.51. The molecule has 1 fully saturated rings. The van der Waals surface area contributed by atoms with Gasteiger partial charge in [-0.1, -0.05) is 0 Å². The maximum absolute atomic E-state index is 12.3. The van der Waals surface area contributed by atoms with Crippen molar-refractivity contribution in [1.29, 1.82) is 0 Å². The molecule has 148 valence electrons. The zero-order valence-electron chi connectivity index (χ0n) is 14.8. The first kappa shape index (κ1) is 18.9. The second-order valence-corrected chi connectivity index (χ2v) is 7.68. The van der Waals surface area contributed by atoms with Gasteiger partial charge in [0.2, 0.25) is 0 Å². The second-order valence-electron chi connectivity index (χ2n) is 6.77. The van der Waals surface area contributed by atoms with E-state index in [0.29, 0.717) is 5.92 Å². The molecule has 3 aromatic heterocycles. The van der Waals surface area contributed by atoms with Crippen LogP contribution in [0.15, 0.2) is 29.8 Å². The Morgan fingerprint density at radius 1 is 1.25 bits per heavy atom. The number of H-pyrrole nitrogens is 1. The van der Waals surface area contributed by atoms with E-state index in [4.69, 9.17) is 4.74 Å². The summed E-state index contributed by atoms with van der Waals surface area (Å²) in [6, 6.07) is 5.65. The first-order valence-corrected chi connectivity index (χ1v) is 9.77. The first-order valence-electron chi connectivity index (χ1n) is 8.89. The quantitative estimate of drug-likeness (QED) is 0.668. The molecule has 1 amide bonds. The topological polar surface area (TPSA) is 67.0 Å². The Labute approximate surface area is 162 Å². The van der Waals surface area contributed by atoms with Crippen LogP contribution in [0, 0.1) is 0 Å². The van der Waals surface area contributed by atoms with Gasteiger partial charge in [-0.2, -0.15) is 13.2 Å². The number of pyridine rings is 1. The third-order valence-electron chi connectivity index (χ3n) is 4.76. The van der Waals surface area contributed by atoms with Crippen molar-refractivity contribution in [2.75, 3.05) is 19.8 Å². The number of thiophene rings is 1. The van der Waals surface area contributed by atoms with Crippen molar-refractivity contribution in [3.05, 3.63) is 40.3 Å². The summed E-state index contributed by atoms with van der Waals surface area (Å²) in [5, 5.41) is 4.60. The van der Waals surface area contributed by atoms with Gasteiger partial charge in [-0.05, 0) is 42.0 Å². The van der Waals surface area contributed by atoms with Gasteiger partial charge in [-0.3, -0.25) is 4.79 Å². The highest BCUT2D eigenvalue weighted by atomic mass is 32.1. The highest BCUT2D eigenvalue weighted by Crippen LogP contribution is 2.31. The number of aromatic nitrogens is 2. The second kappa shape index (κ2) is 7.56. The number of rotatable bonds is 4. The number of ether oxygens (including phenoxy) is 1. The zero-order valence-corrected chi connectivity index (χ0v) is 15.6. The fourth-order valence-electron chi connectivity index (χ4n) is 3.30. The smallest absolute Gasteiger partial charge is 0.381 e. The predicted molar refractivity (Wildman–Crippen MR) is 101 cm³/mol. The Morgan fingerprint density at radius 2 is 2.04 bits per heavy atom. The van der Waals surface area contributed by atoms with E-state index >= 15 is 0 Å². The van der Waals surface area contributed by atoms with Crippen molar-refractivity contribution < 1.29 is 22.7 Å². The lowest BCUT2D eigenvalue weighted by Crippen LogP contribution is -2.33. The van der Waals surface area contributed by atoms with E-state index in [-0.39, 0.29) is 4.88 Å². The molecule has 0 unspecified atom stereocenters. The van der Waals surface area contributed by atoms with Crippen molar-refractivity contribution in [2.45, 2.75) is 24.9 Å². The summed E-state index contributed by atoms with van der Waals surface area (Å²) in [5.74, 6) is -0.303. The van der Waals surface area contributed by atoms with Crippen LogP contribution in [0.1, 0.15) is 34.1 Å². The first-order chi connectivity index (χ1) is 13.4. The molecule has 0 radical (unpaired) electrons. The van der Waals surface area contributed by atoms with Gasteiger partial charge in [0.05, 0.1) is 4.88 Å². The molecule has 4 heterocycles. The fraction of sp³-hybridized carbons (Fsp3) is 0.368. The summed E-state index contributed by atoms with van der Waals surface area (Å²) in [4.78, 5) is 20.0. The van der Waals surface area contributed by atoms with Crippen LogP contribution in [0.4, 0.5) is 13.2 Å². The van der Waals surface area contributed by atoms with Crippen LogP contribution in [0.2, 0.25) is 0 Å². The van der Waals surface area contributed by atoms with E-state index in [0.717, 1.165) is 65.2 Å². The monoisotopic (exact) mass is 409 g/mol. The number of hydrogen-bond donors (Lipinski definition) is 2. The number of carbonyl (C=O) groups excluding carboxylic acids is 1. The molecule has 4 rings (SSSR count). The summed E-state index contributed by atoms with van der Waals surface area (Å²) in [7, 11) is 0. The van der Waals surface area contributed by atoms with Crippen molar-refractivity contribution in [1.82, 2.24) is 15.3 Å². The molecule has 0 bridgehead atoms. The average molecular weight is 409 g/mol. The highest BCUT2D eigenvalue weighted by molar-refractivity contribution is 7.12. The lowest BCUT2D eigenvalue weighted by atomic mass is 9.96. The lowest BCUT2D eigenvalue weighted by molar-refractivity contribution is -0.123. The fourth-order valence-corrected chi connectivity index (χ4v) is 4.13. The molecule has 1 saturated heterocycles. The zero-order chi connectivity index (χ0) is 19.7.